The Kier molecular flexibility index (Phi) is 2.88. The van der Waals surface area contributed by atoms with Gasteiger partial charge in [0.15, 0.2) is 5.78 Å². The summed E-state index contributed by atoms with van der Waals surface area (Å²) >= 11 is 1.52. The fourth-order valence-electron chi connectivity index (χ4n) is 1.51. The number of aryl methyl sites for hydroxylation is 1. The lowest BCUT2D eigenvalue weighted by atomic mass is 10.1. The molecule has 1 aromatic carbocycles. The van der Waals surface area contributed by atoms with Crippen molar-refractivity contribution in [1.29, 1.82) is 0 Å². The molecule has 1 aromatic heterocycles. The van der Waals surface area contributed by atoms with Crippen molar-refractivity contribution in [2.24, 2.45) is 0 Å². The second-order valence-corrected chi connectivity index (χ2v) is 4.95. The smallest absolute Gasteiger partial charge is 0.159 e. The molecule has 1 heterocycles. The van der Waals surface area contributed by atoms with Gasteiger partial charge < -0.3 is 0 Å². The number of Topliss-reactive ketones (excluding diaryl/α,β-unsaturated/α-hetero) is 1. The summed E-state index contributed by atoms with van der Waals surface area (Å²) in [7, 11) is 0. The molecule has 0 amide bonds. The van der Waals surface area contributed by atoms with Gasteiger partial charge in [-0.2, -0.15) is 0 Å². The molecule has 1 nitrogen and oxygen atoms in total. The lowest BCUT2D eigenvalue weighted by Gasteiger charge is -2.02. The zero-order valence-electron chi connectivity index (χ0n) is 9.08. The molecule has 0 radical (unpaired) electrons. The average molecular weight is 234 g/mol. The van der Waals surface area contributed by atoms with E-state index in [1.807, 2.05) is 19.1 Å². The zero-order chi connectivity index (χ0) is 11.7. The first-order chi connectivity index (χ1) is 7.58. The topological polar surface area (TPSA) is 17.1 Å². The molecule has 0 spiro atoms. The van der Waals surface area contributed by atoms with Crippen molar-refractivity contribution in [2.75, 3.05) is 0 Å². The number of hydrogen-bond donors (Lipinski definition) is 0. The Morgan fingerprint density at radius 3 is 2.56 bits per heavy atom. The summed E-state index contributed by atoms with van der Waals surface area (Å²) in [4.78, 5) is 13.2. The Morgan fingerprint density at radius 2 is 2.00 bits per heavy atom. The fourth-order valence-corrected chi connectivity index (χ4v) is 2.40. The normalized spacial score (nSPS) is 10.4. The maximum absolute atomic E-state index is 13.6. The van der Waals surface area contributed by atoms with Crippen molar-refractivity contribution in [3.05, 3.63) is 46.6 Å². The molecule has 0 N–H and O–H groups in total. The minimum atomic E-state index is -0.285. The highest BCUT2D eigenvalue weighted by Gasteiger charge is 2.09. The van der Waals surface area contributed by atoms with Gasteiger partial charge in [0.05, 0.1) is 0 Å². The summed E-state index contributed by atoms with van der Waals surface area (Å²) in [5.74, 6) is -0.332. The van der Waals surface area contributed by atoms with Crippen LogP contribution in [0, 0.1) is 12.7 Å². The lowest BCUT2D eigenvalue weighted by Crippen LogP contribution is -1.93. The van der Waals surface area contributed by atoms with Gasteiger partial charge >= 0.3 is 0 Å². The highest BCUT2D eigenvalue weighted by atomic mass is 32.1. The number of thiophene rings is 1. The molecule has 0 unspecified atom stereocenters. The SMILES string of the molecule is CC(=O)c1ccc(F)c(-c2ccc(C)s2)c1. The molecule has 0 bridgehead atoms. The molecule has 2 aromatic rings. The van der Waals surface area contributed by atoms with Gasteiger partial charge in [0.2, 0.25) is 0 Å². The lowest BCUT2D eigenvalue weighted by molar-refractivity contribution is 0.101. The Bertz CT molecular complexity index is 543. The summed E-state index contributed by atoms with van der Waals surface area (Å²) in [6.45, 7) is 3.46. The minimum absolute atomic E-state index is 0.0467. The van der Waals surface area contributed by atoms with Gasteiger partial charge in [-0.15, -0.1) is 11.3 Å². The number of halogens is 1. The Labute approximate surface area is 97.6 Å². The molecule has 2 rings (SSSR count). The van der Waals surface area contributed by atoms with Gasteiger partial charge in [-0.25, -0.2) is 4.39 Å². The maximum Gasteiger partial charge on any atom is 0.159 e. The van der Waals surface area contributed by atoms with Crippen LogP contribution in [0.15, 0.2) is 30.3 Å². The first-order valence-electron chi connectivity index (χ1n) is 4.95. The van der Waals surface area contributed by atoms with Crippen LogP contribution in [0.5, 0.6) is 0 Å². The standard InChI is InChI=1S/C13H11FOS/c1-8-3-6-13(16-8)11-7-10(9(2)15)4-5-12(11)14/h3-7H,1-2H3. The minimum Gasteiger partial charge on any atom is -0.295 e. The summed E-state index contributed by atoms with van der Waals surface area (Å²) in [6.07, 6.45) is 0. The molecule has 0 aliphatic heterocycles. The van der Waals surface area contributed by atoms with Crippen LogP contribution in [-0.2, 0) is 0 Å². The van der Waals surface area contributed by atoms with Crippen LogP contribution in [0.25, 0.3) is 10.4 Å². The van der Waals surface area contributed by atoms with E-state index >= 15 is 0 Å². The van der Waals surface area contributed by atoms with E-state index in [0.717, 1.165) is 9.75 Å². The van der Waals surface area contributed by atoms with Crippen LogP contribution in [0.3, 0.4) is 0 Å². The molecule has 16 heavy (non-hydrogen) atoms. The predicted octanol–water partition coefficient (Wildman–Crippen LogP) is 4.07. The second kappa shape index (κ2) is 4.18. The molecule has 3 heteroatoms. The van der Waals surface area contributed by atoms with Crippen molar-refractivity contribution in [3.8, 4) is 10.4 Å². The second-order valence-electron chi connectivity index (χ2n) is 3.66. The molecule has 82 valence electrons. The molecular weight excluding hydrogens is 223 g/mol. The highest BCUT2D eigenvalue weighted by molar-refractivity contribution is 7.15. The fraction of sp³-hybridized carbons (Fsp3) is 0.154. The number of hydrogen-bond acceptors (Lipinski definition) is 2. The summed E-state index contributed by atoms with van der Waals surface area (Å²) in [5.41, 5.74) is 1.05. The Balaban J connectivity index is 2.55. The number of rotatable bonds is 2. The zero-order valence-corrected chi connectivity index (χ0v) is 9.90. The van der Waals surface area contributed by atoms with Crippen LogP contribution >= 0.6 is 11.3 Å². The third-order valence-electron chi connectivity index (χ3n) is 2.38. The first-order valence-corrected chi connectivity index (χ1v) is 5.77. The number of benzene rings is 1. The van der Waals surface area contributed by atoms with Gasteiger partial charge in [-0.1, -0.05) is 0 Å². The number of ketones is 1. The van der Waals surface area contributed by atoms with Crippen molar-refractivity contribution in [1.82, 2.24) is 0 Å². The average Bonchev–Trinajstić information content (AvgIpc) is 2.65. The van der Waals surface area contributed by atoms with Crippen molar-refractivity contribution >= 4 is 17.1 Å². The van der Waals surface area contributed by atoms with Crippen molar-refractivity contribution < 1.29 is 9.18 Å². The molecule has 0 aliphatic carbocycles. The van der Waals surface area contributed by atoms with E-state index in [2.05, 4.69) is 0 Å². The molecule has 0 saturated heterocycles. The van der Waals surface area contributed by atoms with E-state index in [1.54, 1.807) is 6.07 Å². The third kappa shape index (κ3) is 2.04. The molecule has 0 saturated carbocycles. The Morgan fingerprint density at radius 1 is 1.25 bits per heavy atom. The van der Waals surface area contributed by atoms with Crippen LogP contribution < -0.4 is 0 Å². The Hall–Kier alpha value is -1.48. The van der Waals surface area contributed by atoms with Gasteiger partial charge in [0.25, 0.3) is 0 Å². The summed E-state index contributed by atoms with van der Waals surface area (Å²) < 4.78 is 13.6. The van der Waals surface area contributed by atoms with E-state index in [4.69, 9.17) is 0 Å². The maximum atomic E-state index is 13.6. The highest BCUT2D eigenvalue weighted by Crippen LogP contribution is 2.30. The van der Waals surface area contributed by atoms with E-state index < -0.39 is 0 Å². The molecule has 0 fully saturated rings. The van der Waals surface area contributed by atoms with Gasteiger partial charge in [-0.05, 0) is 44.2 Å². The van der Waals surface area contributed by atoms with Crippen molar-refractivity contribution in [2.45, 2.75) is 13.8 Å². The number of carbonyl (C=O) groups excluding carboxylic acids is 1. The van der Waals surface area contributed by atoms with Gasteiger partial charge in [0.1, 0.15) is 5.82 Å². The van der Waals surface area contributed by atoms with Crippen LogP contribution in [-0.4, -0.2) is 5.78 Å². The largest absolute Gasteiger partial charge is 0.295 e. The molecule has 0 atom stereocenters. The molecular formula is C13H11FOS. The van der Waals surface area contributed by atoms with Crippen molar-refractivity contribution in [3.63, 3.8) is 0 Å². The van der Waals surface area contributed by atoms with Gasteiger partial charge in [-0.3, -0.25) is 4.79 Å². The van der Waals surface area contributed by atoms with E-state index in [-0.39, 0.29) is 11.6 Å². The predicted molar refractivity (Wildman–Crippen MR) is 64.5 cm³/mol. The van der Waals surface area contributed by atoms with E-state index in [0.29, 0.717) is 11.1 Å². The quantitative estimate of drug-likeness (QED) is 0.716. The van der Waals surface area contributed by atoms with E-state index in [1.165, 1.54) is 30.4 Å². The number of carbonyl (C=O) groups is 1. The van der Waals surface area contributed by atoms with E-state index in [9.17, 15) is 9.18 Å². The summed E-state index contributed by atoms with van der Waals surface area (Å²) in [5, 5.41) is 0. The monoisotopic (exact) mass is 234 g/mol. The van der Waals surface area contributed by atoms with Crippen LogP contribution in [0.1, 0.15) is 22.2 Å². The van der Waals surface area contributed by atoms with Crippen LogP contribution in [0.2, 0.25) is 0 Å². The van der Waals surface area contributed by atoms with Crippen LogP contribution in [0.4, 0.5) is 4.39 Å². The third-order valence-corrected chi connectivity index (χ3v) is 3.41. The molecule has 0 aliphatic rings. The van der Waals surface area contributed by atoms with Gasteiger partial charge in [0, 0.05) is 20.9 Å². The first kappa shape index (κ1) is 11.0. The summed E-state index contributed by atoms with van der Waals surface area (Å²) in [6, 6.07) is 8.30.